The van der Waals surface area contributed by atoms with Crippen molar-refractivity contribution in [2.24, 2.45) is 5.92 Å². The summed E-state index contributed by atoms with van der Waals surface area (Å²) < 4.78 is 10.4. The fourth-order valence-corrected chi connectivity index (χ4v) is 3.11. The normalized spacial score (nSPS) is 32.4. The first-order valence-electron chi connectivity index (χ1n) is 7.10. The Morgan fingerprint density at radius 2 is 1.95 bits per heavy atom. The minimum absolute atomic E-state index is 0.140. The molecule has 6 heteroatoms. The van der Waals surface area contributed by atoms with Gasteiger partial charge >= 0.3 is 12.1 Å². The highest BCUT2D eigenvalue weighted by molar-refractivity contribution is 5.83. The van der Waals surface area contributed by atoms with Gasteiger partial charge in [0, 0.05) is 12.0 Å². The number of hydrogen-bond donors (Lipinski definition) is 1. The van der Waals surface area contributed by atoms with Crippen LogP contribution in [0.3, 0.4) is 0 Å². The van der Waals surface area contributed by atoms with Gasteiger partial charge in [-0.05, 0) is 40.5 Å². The lowest BCUT2D eigenvalue weighted by atomic mass is 9.96. The minimum atomic E-state index is -0.724. The van der Waals surface area contributed by atoms with Crippen LogP contribution in [0, 0.1) is 5.92 Å². The summed E-state index contributed by atoms with van der Waals surface area (Å²) in [7, 11) is 0. The van der Waals surface area contributed by atoms with Gasteiger partial charge in [-0.1, -0.05) is 0 Å². The van der Waals surface area contributed by atoms with Crippen LogP contribution in [0.5, 0.6) is 0 Å². The Kier molecular flexibility index (Phi) is 3.95. The molecule has 1 aliphatic heterocycles. The fraction of sp³-hybridized carbons (Fsp3) is 0.857. The first-order valence-corrected chi connectivity index (χ1v) is 7.10. The van der Waals surface area contributed by atoms with Crippen molar-refractivity contribution in [2.45, 2.75) is 64.3 Å². The first-order chi connectivity index (χ1) is 9.24. The minimum Gasteiger partial charge on any atom is -0.464 e. The van der Waals surface area contributed by atoms with Crippen molar-refractivity contribution in [3.05, 3.63) is 0 Å². The van der Waals surface area contributed by atoms with Crippen LogP contribution in [0.2, 0.25) is 0 Å². The molecule has 0 aromatic rings. The lowest BCUT2D eigenvalue weighted by molar-refractivity contribution is -0.153. The zero-order valence-corrected chi connectivity index (χ0v) is 12.5. The van der Waals surface area contributed by atoms with Gasteiger partial charge in [0.25, 0.3) is 0 Å². The maximum absolute atomic E-state index is 12.3. The largest absolute Gasteiger partial charge is 0.464 e. The van der Waals surface area contributed by atoms with Gasteiger partial charge in [0.1, 0.15) is 11.6 Å². The highest BCUT2D eigenvalue weighted by Gasteiger charge is 2.57. The summed E-state index contributed by atoms with van der Waals surface area (Å²) in [6.45, 7) is 7.33. The lowest BCUT2D eigenvalue weighted by Crippen LogP contribution is -2.54. The van der Waals surface area contributed by atoms with E-state index in [1.54, 1.807) is 27.7 Å². The molecule has 0 radical (unpaired) electrons. The number of likely N-dealkylation sites (tertiary alicyclic amines) is 1. The zero-order valence-electron chi connectivity index (χ0n) is 12.5. The number of rotatable bonds is 2. The van der Waals surface area contributed by atoms with Crippen LogP contribution in [-0.2, 0) is 14.3 Å². The van der Waals surface area contributed by atoms with Crippen molar-refractivity contribution in [1.82, 2.24) is 4.90 Å². The van der Waals surface area contributed by atoms with Crippen LogP contribution in [0.1, 0.15) is 40.5 Å². The van der Waals surface area contributed by atoms with Crippen LogP contribution in [0.4, 0.5) is 4.79 Å². The van der Waals surface area contributed by atoms with Crippen LogP contribution in [0.25, 0.3) is 0 Å². The Hall–Kier alpha value is -1.30. The van der Waals surface area contributed by atoms with Crippen LogP contribution in [0.15, 0.2) is 0 Å². The van der Waals surface area contributed by atoms with Gasteiger partial charge in [-0.2, -0.15) is 0 Å². The summed E-state index contributed by atoms with van der Waals surface area (Å²) in [5, 5.41) is 9.95. The van der Waals surface area contributed by atoms with E-state index >= 15 is 0 Å². The van der Waals surface area contributed by atoms with E-state index in [-0.39, 0.29) is 18.6 Å². The highest BCUT2D eigenvalue weighted by atomic mass is 16.6. The summed E-state index contributed by atoms with van der Waals surface area (Å²) in [6, 6.07) is -0.863. The average molecular weight is 285 g/mol. The highest BCUT2D eigenvalue weighted by Crippen LogP contribution is 2.43. The molecule has 0 unspecified atom stereocenters. The zero-order chi connectivity index (χ0) is 15.1. The number of piperidine rings is 1. The summed E-state index contributed by atoms with van der Waals surface area (Å²) >= 11 is 0. The van der Waals surface area contributed by atoms with Crippen molar-refractivity contribution < 1.29 is 24.2 Å². The second-order valence-electron chi connectivity index (χ2n) is 6.44. The number of amides is 1. The van der Waals surface area contributed by atoms with Crippen molar-refractivity contribution in [2.75, 3.05) is 6.61 Å². The number of nitrogens with zero attached hydrogens (tertiary/aromatic N) is 1. The van der Waals surface area contributed by atoms with E-state index < -0.39 is 29.8 Å². The van der Waals surface area contributed by atoms with Crippen molar-refractivity contribution in [3.8, 4) is 0 Å². The van der Waals surface area contributed by atoms with Gasteiger partial charge in [0.15, 0.2) is 0 Å². The van der Waals surface area contributed by atoms with E-state index in [0.29, 0.717) is 12.8 Å². The lowest BCUT2D eigenvalue weighted by Gasteiger charge is -2.36. The van der Waals surface area contributed by atoms with Gasteiger partial charge in [-0.3, -0.25) is 4.90 Å². The molecule has 0 aromatic heterocycles. The molecule has 1 saturated heterocycles. The molecule has 1 heterocycles. The summed E-state index contributed by atoms with van der Waals surface area (Å²) in [5.41, 5.74) is -0.614. The molecule has 20 heavy (non-hydrogen) atoms. The van der Waals surface area contributed by atoms with Crippen LogP contribution in [-0.4, -0.2) is 52.5 Å². The molecule has 2 aliphatic rings. The molecule has 1 amide bonds. The maximum Gasteiger partial charge on any atom is 0.411 e. The van der Waals surface area contributed by atoms with Crippen LogP contribution < -0.4 is 0 Å². The van der Waals surface area contributed by atoms with Crippen molar-refractivity contribution in [1.29, 1.82) is 0 Å². The molecular formula is C14H23NO5. The topological polar surface area (TPSA) is 76.1 Å². The number of fused-ring (bicyclic) bond motifs is 2. The molecule has 1 aliphatic carbocycles. The third-order valence-electron chi connectivity index (χ3n) is 3.78. The number of hydrogen-bond acceptors (Lipinski definition) is 5. The number of aliphatic hydroxyl groups is 1. The predicted octanol–water partition coefficient (Wildman–Crippen LogP) is 1.31. The summed E-state index contributed by atoms with van der Waals surface area (Å²) in [4.78, 5) is 25.8. The smallest absolute Gasteiger partial charge is 0.411 e. The second kappa shape index (κ2) is 5.24. The number of aliphatic hydroxyl groups excluding tert-OH is 1. The molecule has 2 fully saturated rings. The Morgan fingerprint density at radius 3 is 2.50 bits per heavy atom. The predicted molar refractivity (Wildman–Crippen MR) is 71.0 cm³/mol. The standard InChI is InChI=1S/C14H23NO5/c1-5-19-12(17)11-9-6-8(7-10(9)16)15(11)13(18)20-14(2,3)4/h8-11,16H,5-7H2,1-4H3/t8-,9+,10-,11-/m1/s1. The monoisotopic (exact) mass is 285 g/mol. The van der Waals surface area contributed by atoms with E-state index in [1.165, 1.54) is 4.90 Å². The molecule has 1 saturated carbocycles. The average Bonchev–Trinajstić information content (AvgIpc) is 2.82. The SMILES string of the molecule is CCOC(=O)[C@H]1[C@H]2C[C@H](C[C@H]2O)N1C(=O)OC(C)(C)C. The van der Waals surface area contributed by atoms with E-state index in [4.69, 9.17) is 9.47 Å². The first kappa shape index (κ1) is 15.1. The Labute approximate surface area is 119 Å². The second-order valence-corrected chi connectivity index (χ2v) is 6.44. The molecule has 6 nitrogen and oxygen atoms in total. The molecule has 1 N–H and O–H groups in total. The van der Waals surface area contributed by atoms with E-state index in [9.17, 15) is 14.7 Å². The van der Waals surface area contributed by atoms with Crippen molar-refractivity contribution >= 4 is 12.1 Å². The molecule has 2 bridgehead atoms. The van der Waals surface area contributed by atoms with E-state index in [1.807, 2.05) is 0 Å². The number of carbonyl (C=O) groups excluding carboxylic acids is 2. The fourth-order valence-electron chi connectivity index (χ4n) is 3.11. The van der Waals surface area contributed by atoms with Gasteiger partial charge in [-0.25, -0.2) is 9.59 Å². The Bertz CT molecular complexity index is 403. The quantitative estimate of drug-likeness (QED) is 0.774. The third kappa shape index (κ3) is 2.75. The number of ether oxygens (including phenoxy) is 2. The van der Waals surface area contributed by atoms with Gasteiger partial charge < -0.3 is 14.6 Å². The maximum atomic E-state index is 12.3. The molecular weight excluding hydrogens is 262 g/mol. The van der Waals surface area contributed by atoms with Crippen molar-refractivity contribution in [3.63, 3.8) is 0 Å². The molecule has 114 valence electrons. The van der Waals surface area contributed by atoms with Gasteiger partial charge in [0.2, 0.25) is 0 Å². The van der Waals surface area contributed by atoms with Crippen LogP contribution >= 0.6 is 0 Å². The number of carbonyl (C=O) groups is 2. The molecule has 4 atom stereocenters. The Morgan fingerprint density at radius 1 is 1.30 bits per heavy atom. The number of esters is 1. The molecule has 2 rings (SSSR count). The Balaban J connectivity index is 2.17. The van der Waals surface area contributed by atoms with E-state index in [0.717, 1.165) is 0 Å². The van der Waals surface area contributed by atoms with Gasteiger partial charge in [0.05, 0.1) is 12.7 Å². The summed E-state index contributed by atoms with van der Waals surface area (Å²) in [6.07, 6.45) is 0.0759. The van der Waals surface area contributed by atoms with E-state index in [2.05, 4.69) is 0 Å². The summed E-state index contributed by atoms with van der Waals surface area (Å²) in [5.74, 6) is -0.698. The molecule has 0 aromatic carbocycles. The van der Waals surface area contributed by atoms with Gasteiger partial charge in [-0.15, -0.1) is 0 Å². The third-order valence-corrected chi connectivity index (χ3v) is 3.78. The molecule has 0 spiro atoms.